The number of hydrogen-bond donors (Lipinski definition) is 1. The molecule has 0 atom stereocenters. The molecule has 0 aromatic carbocycles. The summed E-state index contributed by atoms with van der Waals surface area (Å²) in [6.45, 7) is 5.74. The second-order valence-electron chi connectivity index (χ2n) is 3.67. The zero-order valence-electron chi connectivity index (χ0n) is 10.3. The normalized spacial score (nSPS) is 10.7. The third-order valence-electron chi connectivity index (χ3n) is 2.26. The number of anilines is 1. The molecule has 4 nitrogen and oxygen atoms in total. The topological polar surface area (TPSA) is 37.4 Å². The van der Waals surface area contributed by atoms with Crippen molar-refractivity contribution in [2.75, 3.05) is 38.8 Å². The molecule has 92 valence electrons. The van der Waals surface area contributed by atoms with Crippen LogP contribution in [-0.2, 0) is 11.3 Å². The van der Waals surface area contributed by atoms with Gasteiger partial charge in [-0.2, -0.15) is 0 Å². The van der Waals surface area contributed by atoms with E-state index in [-0.39, 0.29) is 0 Å². The standard InChI is InChI=1S/C11H21N3OS/c1-4-12-8-10-9-16-11(13-10)14(2)6-5-7-15-3/h9,12H,4-8H2,1-3H3. The Hall–Kier alpha value is -0.650. The summed E-state index contributed by atoms with van der Waals surface area (Å²) in [5.74, 6) is 0. The average molecular weight is 243 g/mol. The maximum absolute atomic E-state index is 5.03. The molecular weight excluding hydrogens is 222 g/mol. The van der Waals surface area contributed by atoms with E-state index in [2.05, 4.69) is 34.6 Å². The maximum Gasteiger partial charge on any atom is 0.185 e. The number of hydrogen-bond acceptors (Lipinski definition) is 5. The fourth-order valence-corrected chi connectivity index (χ4v) is 2.17. The number of aromatic nitrogens is 1. The van der Waals surface area contributed by atoms with Crippen molar-refractivity contribution in [1.82, 2.24) is 10.3 Å². The van der Waals surface area contributed by atoms with Crippen LogP contribution in [-0.4, -0.2) is 38.8 Å². The van der Waals surface area contributed by atoms with Crippen LogP contribution in [0.4, 0.5) is 5.13 Å². The first-order valence-electron chi connectivity index (χ1n) is 5.63. The number of methoxy groups -OCH3 is 1. The quantitative estimate of drug-likeness (QED) is 0.706. The molecule has 0 bridgehead atoms. The van der Waals surface area contributed by atoms with E-state index in [1.165, 1.54) is 0 Å². The lowest BCUT2D eigenvalue weighted by Gasteiger charge is -2.14. The van der Waals surface area contributed by atoms with Gasteiger partial charge in [0.15, 0.2) is 5.13 Å². The molecule has 0 amide bonds. The van der Waals surface area contributed by atoms with Gasteiger partial charge in [0.2, 0.25) is 0 Å². The molecule has 1 rings (SSSR count). The highest BCUT2D eigenvalue weighted by Crippen LogP contribution is 2.19. The third-order valence-corrected chi connectivity index (χ3v) is 3.27. The summed E-state index contributed by atoms with van der Waals surface area (Å²) >= 11 is 1.70. The van der Waals surface area contributed by atoms with E-state index in [0.29, 0.717) is 0 Å². The van der Waals surface area contributed by atoms with Crippen LogP contribution >= 0.6 is 11.3 Å². The highest BCUT2D eigenvalue weighted by atomic mass is 32.1. The Morgan fingerprint density at radius 2 is 2.38 bits per heavy atom. The summed E-state index contributed by atoms with van der Waals surface area (Å²) in [4.78, 5) is 6.75. The molecule has 0 aliphatic heterocycles. The Morgan fingerprint density at radius 1 is 1.56 bits per heavy atom. The van der Waals surface area contributed by atoms with E-state index in [1.54, 1.807) is 18.4 Å². The minimum absolute atomic E-state index is 0.806. The molecule has 1 aromatic rings. The minimum atomic E-state index is 0.806. The van der Waals surface area contributed by atoms with Crippen LogP contribution in [0.25, 0.3) is 0 Å². The first kappa shape index (κ1) is 13.4. The highest BCUT2D eigenvalue weighted by Gasteiger charge is 2.06. The molecule has 1 aromatic heterocycles. The molecule has 5 heteroatoms. The molecule has 0 radical (unpaired) electrons. The summed E-state index contributed by atoms with van der Waals surface area (Å²) in [7, 11) is 3.81. The largest absolute Gasteiger partial charge is 0.385 e. The second-order valence-corrected chi connectivity index (χ2v) is 4.51. The van der Waals surface area contributed by atoms with Crippen LogP contribution in [0.2, 0.25) is 0 Å². The smallest absolute Gasteiger partial charge is 0.185 e. The van der Waals surface area contributed by atoms with Gasteiger partial charge in [-0.3, -0.25) is 0 Å². The van der Waals surface area contributed by atoms with Crippen LogP contribution in [0.15, 0.2) is 5.38 Å². The van der Waals surface area contributed by atoms with Gasteiger partial charge in [-0.25, -0.2) is 4.98 Å². The van der Waals surface area contributed by atoms with Gasteiger partial charge in [0, 0.05) is 39.2 Å². The van der Waals surface area contributed by atoms with Crippen molar-refractivity contribution in [1.29, 1.82) is 0 Å². The van der Waals surface area contributed by atoms with Crippen LogP contribution in [0.5, 0.6) is 0 Å². The van der Waals surface area contributed by atoms with Gasteiger partial charge in [0.25, 0.3) is 0 Å². The van der Waals surface area contributed by atoms with E-state index >= 15 is 0 Å². The van der Waals surface area contributed by atoms with Crippen molar-refractivity contribution >= 4 is 16.5 Å². The average Bonchev–Trinajstić information content (AvgIpc) is 2.75. The predicted molar refractivity (Wildman–Crippen MR) is 69.3 cm³/mol. The molecule has 0 fully saturated rings. The van der Waals surface area contributed by atoms with Crippen molar-refractivity contribution < 1.29 is 4.74 Å². The predicted octanol–water partition coefficient (Wildman–Crippen LogP) is 1.73. The molecule has 0 aliphatic carbocycles. The first-order chi connectivity index (χ1) is 7.77. The van der Waals surface area contributed by atoms with Crippen molar-refractivity contribution in [3.63, 3.8) is 0 Å². The van der Waals surface area contributed by atoms with Crippen LogP contribution in [0, 0.1) is 0 Å². The Bertz CT molecular complexity index is 291. The molecular formula is C11H21N3OS. The van der Waals surface area contributed by atoms with Gasteiger partial charge < -0.3 is 15.0 Å². The number of rotatable bonds is 8. The Morgan fingerprint density at radius 3 is 3.06 bits per heavy atom. The molecule has 1 heterocycles. The first-order valence-corrected chi connectivity index (χ1v) is 6.51. The molecule has 0 saturated heterocycles. The number of ether oxygens (including phenoxy) is 1. The molecule has 16 heavy (non-hydrogen) atoms. The Balaban J connectivity index is 2.37. The number of thiazole rings is 1. The maximum atomic E-state index is 5.03. The molecule has 0 unspecified atom stereocenters. The van der Waals surface area contributed by atoms with Gasteiger partial charge in [0.1, 0.15) is 0 Å². The van der Waals surface area contributed by atoms with Gasteiger partial charge in [-0.15, -0.1) is 11.3 Å². The zero-order chi connectivity index (χ0) is 11.8. The third kappa shape index (κ3) is 4.47. The summed E-state index contributed by atoms with van der Waals surface area (Å²) in [5, 5.41) is 6.48. The number of nitrogens with zero attached hydrogens (tertiary/aromatic N) is 2. The lowest BCUT2D eigenvalue weighted by atomic mass is 10.4. The lowest BCUT2D eigenvalue weighted by Crippen LogP contribution is -2.19. The van der Waals surface area contributed by atoms with Gasteiger partial charge in [-0.05, 0) is 13.0 Å². The van der Waals surface area contributed by atoms with Gasteiger partial charge >= 0.3 is 0 Å². The van der Waals surface area contributed by atoms with Crippen molar-refractivity contribution in [2.24, 2.45) is 0 Å². The van der Waals surface area contributed by atoms with E-state index in [1.807, 2.05) is 0 Å². The van der Waals surface area contributed by atoms with Crippen molar-refractivity contribution in [3.05, 3.63) is 11.1 Å². The summed E-state index contributed by atoms with van der Waals surface area (Å²) in [6, 6.07) is 0. The fourth-order valence-electron chi connectivity index (χ4n) is 1.35. The van der Waals surface area contributed by atoms with Gasteiger partial charge in [-0.1, -0.05) is 6.92 Å². The van der Waals surface area contributed by atoms with E-state index in [4.69, 9.17) is 4.74 Å². The fraction of sp³-hybridized carbons (Fsp3) is 0.727. The van der Waals surface area contributed by atoms with E-state index in [0.717, 1.165) is 43.5 Å². The Kier molecular flexibility index (Phi) is 6.37. The SMILES string of the molecule is CCNCc1csc(N(C)CCCOC)n1. The zero-order valence-corrected chi connectivity index (χ0v) is 11.1. The van der Waals surface area contributed by atoms with E-state index < -0.39 is 0 Å². The van der Waals surface area contributed by atoms with Crippen molar-refractivity contribution in [2.45, 2.75) is 19.9 Å². The van der Waals surface area contributed by atoms with E-state index in [9.17, 15) is 0 Å². The summed E-state index contributed by atoms with van der Waals surface area (Å²) < 4.78 is 5.03. The molecule has 0 aliphatic rings. The molecule has 0 saturated carbocycles. The summed E-state index contributed by atoms with van der Waals surface area (Å²) in [5.41, 5.74) is 1.13. The number of nitrogens with one attached hydrogen (secondary N) is 1. The minimum Gasteiger partial charge on any atom is -0.385 e. The summed E-state index contributed by atoms with van der Waals surface area (Å²) in [6.07, 6.45) is 1.04. The molecule has 1 N–H and O–H groups in total. The monoisotopic (exact) mass is 243 g/mol. The lowest BCUT2D eigenvalue weighted by molar-refractivity contribution is 0.196. The second kappa shape index (κ2) is 7.60. The highest BCUT2D eigenvalue weighted by molar-refractivity contribution is 7.13. The van der Waals surface area contributed by atoms with Crippen LogP contribution in [0.3, 0.4) is 0 Å². The molecule has 0 spiro atoms. The van der Waals surface area contributed by atoms with Gasteiger partial charge in [0.05, 0.1) is 5.69 Å². The van der Waals surface area contributed by atoms with Crippen LogP contribution in [0.1, 0.15) is 19.0 Å². The van der Waals surface area contributed by atoms with Crippen molar-refractivity contribution in [3.8, 4) is 0 Å². The Labute approximate surface area is 102 Å². The van der Waals surface area contributed by atoms with Crippen LogP contribution < -0.4 is 10.2 Å².